The van der Waals surface area contributed by atoms with Crippen molar-refractivity contribution in [2.45, 2.75) is 12.6 Å². The maximum atomic E-state index is 12.2. The number of carbonyl (C=O) groups is 1. The molecule has 0 bridgehead atoms. The first kappa shape index (κ1) is 16.6. The van der Waals surface area contributed by atoms with Crippen LogP contribution in [0.25, 0.3) is 5.65 Å². The lowest BCUT2D eigenvalue weighted by molar-refractivity contribution is -0.120. The van der Waals surface area contributed by atoms with E-state index in [2.05, 4.69) is 15.6 Å². The quantitative estimate of drug-likeness (QED) is 0.733. The molecule has 1 unspecified atom stereocenters. The van der Waals surface area contributed by atoms with E-state index in [-0.39, 0.29) is 11.9 Å². The van der Waals surface area contributed by atoms with E-state index >= 15 is 0 Å². The summed E-state index contributed by atoms with van der Waals surface area (Å²) >= 11 is 0. The average Bonchev–Trinajstić information content (AvgIpc) is 3.11. The van der Waals surface area contributed by atoms with Crippen LogP contribution in [0.5, 0.6) is 5.75 Å². The summed E-state index contributed by atoms with van der Waals surface area (Å²) in [5, 5.41) is 6.01. The first-order valence-corrected chi connectivity index (χ1v) is 8.55. The lowest BCUT2D eigenvalue weighted by Crippen LogP contribution is -2.48. The van der Waals surface area contributed by atoms with Gasteiger partial charge in [-0.2, -0.15) is 0 Å². The Balaban J connectivity index is 1.33. The zero-order valence-corrected chi connectivity index (χ0v) is 14.2. The van der Waals surface area contributed by atoms with Crippen molar-refractivity contribution < 1.29 is 14.3 Å². The highest BCUT2D eigenvalue weighted by Gasteiger charge is 2.21. The molecule has 1 aromatic carbocycles. The first-order valence-electron chi connectivity index (χ1n) is 8.55. The second-order valence-corrected chi connectivity index (χ2v) is 6.08. The largest absolute Gasteiger partial charge is 0.487 e. The molecule has 0 radical (unpaired) electrons. The minimum atomic E-state index is -0.310. The lowest BCUT2D eigenvalue weighted by atomic mass is 10.2. The molecule has 2 aromatic heterocycles. The van der Waals surface area contributed by atoms with E-state index in [1.807, 2.05) is 59.3 Å². The molecular weight excluding hydrogens is 332 g/mol. The standard InChI is InChI=1S/C19H20N4O3/c24-19(17-13-25-10-8-20-17)22-14-4-6-16(7-5-14)26-12-15-11-23-9-2-1-3-18(23)21-15/h1-7,9,11,17,20H,8,10,12-13H2,(H,22,24). The van der Waals surface area contributed by atoms with E-state index in [0.29, 0.717) is 26.4 Å². The van der Waals surface area contributed by atoms with Gasteiger partial charge in [0.05, 0.1) is 18.9 Å². The van der Waals surface area contributed by atoms with E-state index in [1.165, 1.54) is 0 Å². The minimum absolute atomic E-state index is 0.0944. The number of nitrogens with zero attached hydrogens (tertiary/aromatic N) is 2. The number of amides is 1. The Labute approximate surface area is 150 Å². The third-order valence-corrected chi connectivity index (χ3v) is 4.16. The highest BCUT2D eigenvalue weighted by Crippen LogP contribution is 2.17. The lowest BCUT2D eigenvalue weighted by Gasteiger charge is -2.22. The Morgan fingerprint density at radius 1 is 1.31 bits per heavy atom. The van der Waals surface area contributed by atoms with Crippen molar-refractivity contribution in [1.29, 1.82) is 0 Å². The van der Waals surface area contributed by atoms with Crippen LogP contribution in [0.15, 0.2) is 54.9 Å². The van der Waals surface area contributed by atoms with Gasteiger partial charge in [0.1, 0.15) is 24.0 Å². The molecule has 134 valence electrons. The van der Waals surface area contributed by atoms with E-state index in [4.69, 9.17) is 9.47 Å². The molecule has 7 heteroatoms. The van der Waals surface area contributed by atoms with Gasteiger partial charge in [-0.3, -0.25) is 4.79 Å². The molecule has 1 aliphatic rings. The van der Waals surface area contributed by atoms with Crippen molar-refractivity contribution in [3.63, 3.8) is 0 Å². The number of pyridine rings is 1. The number of nitrogens with one attached hydrogen (secondary N) is 2. The average molecular weight is 352 g/mol. The molecule has 1 aliphatic heterocycles. The molecule has 1 fully saturated rings. The number of benzene rings is 1. The molecule has 3 aromatic rings. The molecule has 7 nitrogen and oxygen atoms in total. The van der Waals surface area contributed by atoms with Crippen LogP contribution in [-0.2, 0) is 16.1 Å². The van der Waals surface area contributed by atoms with Crippen LogP contribution in [0.3, 0.4) is 0 Å². The molecule has 2 N–H and O–H groups in total. The summed E-state index contributed by atoms with van der Waals surface area (Å²) in [6.07, 6.45) is 3.90. The zero-order valence-electron chi connectivity index (χ0n) is 14.2. The van der Waals surface area contributed by atoms with Gasteiger partial charge in [0.2, 0.25) is 5.91 Å². The van der Waals surface area contributed by atoms with Gasteiger partial charge >= 0.3 is 0 Å². The van der Waals surface area contributed by atoms with E-state index in [9.17, 15) is 4.79 Å². The third kappa shape index (κ3) is 3.84. The number of fused-ring (bicyclic) bond motifs is 1. The molecule has 1 atom stereocenters. The smallest absolute Gasteiger partial charge is 0.243 e. The Morgan fingerprint density at radius 3 is 2.96 bits per heavy atom. The van der Waals surface area contributed by atoms with Crippen molar-refractivity contribution >= 4 is 17.2 Å². The molecule has 0 aliphatic carbocycles. The summed E-state index contributed by atoms with van der Waals surface area (Å²) in [5.74, 6) is 0.627. The first-order chi connectivity index (χ1) is 12.8. The summed E-state index contributed by atoms with van der Waals surface area (Å²) < 4.78 is 13.0. The second kappa shape index (κ2) is 7.55. The molecular formula is C19H20N4O3. The van der Waals surface area contributed by atoms with Crippen LogP contribution < -0.4 is 15.4 Å². The number of morpholine rings is 1. The van der Waals surface area contributed by atoms with E-state index in [0.717, 1.165) is 22.8 Å². The highest BCUT2D eigenvalue weighted by atomic mass is 16.5. The molecule has 26 heavy (non-hydrogen) atoms. The number of rotatable bonds is 5. The molecule has 0 saturated carbocycles. The van der Waals surface area contributed by atoms with Gasteiger partial charge in [0, 0.05) is 24.6 Å². The summed E-state index contributed by atoms with van der Waals surface area (Å²) in [4.78, 5) is 16.7. The van der Waals surface area contributed by atoms with Crippen LogP contribution in [0.1, 0.15) is 5.69 Å². The maximum Gasteiger partial charge on any atom is 0.243 e. The Hall–Kier alpha value is -2.90. The monoisotopic (exact) mass is 352 g/mol. The van der Waals surface area contributed by atoms with Gasteiger partial charge in [-0.1, -0.05) is 6.07 Å². The van der Waals surface area contributed by atoms with Gasteiger partial charge in [0.25, 0.3) is 0 Å². The number of hydrogen-bond donors (Lipinski definition) is 2. The Kier molecular flexibility index (Phi) is 4.81. The molecule has 3 heterocycles. The van der Waals surface area contributed by atoms with Gasteiger partial charge in [-0.25, -0.2) is 4.98 Å². The number of hydrogen-bond acceptors (Lipinski definition) is 5. The zero-order chi connectivity index (χ0) is 17.8. The fourth-order valence-electron chi connectivity index (χ4n) is 2.81. The molecule has 4 rings (SSSR count). The SMILES string of the molecule is O=C(Nc1ccc(OCc2cn3ccccc3n2)cc1)C1COCCN1. The summed E-state index contributed by atoms with van der Waals surface area (Å²) in [5.41, 5.74) is 2.48. The minimum Gasteiger partial charge on any atom is -0.487 e. The highest BCUT2D eigenvalue weighted by molar-refractivity contribution is 5.95. The summed E-state index contributed by atoms with van der Waals surface area (Å²) in [6.45, 7) is 2.11. The Morgan fingerprint density at radius 2 is 2.19 bits per heavy atom. The van der Waals surface area contributed by atoms with Crippen LogP contribution in [0.2, 0.25) is 0 Å². The fourth-order valence-corrected chi connectivity index (χ4v) is 2.81. The molecule has 1 amide bonds. The number of imidazole rings is 1. The number of aromatic nitrogens is 2. The Bertz CT molecular complexity index is 852. The van der Waals surface area contributed by atoms with Gasteiger partial charge in [-0.15, -0.1) is 0 Å². The molecule has 0 spiro atoms. The van der Waals surface area contributed by atoms with Crippen molar-refractivity contribution in [1.82, 2.24) is 14.7 Å². The van der Waals surface area contributed by atoms with Crippen LogP contribution in [0, 0.1) is 0 Å². The number of anilines is 1. The second-order valence-electron chi connectivity index (χ2n) is 6.08. The van der Waals surface area contributed by atoms with Crippen molar-refractivity contribution in [3.05, 3.63) is 60.6 Å². The maximum absolute atomic E-state index is 12.2. The van der Waals surface area contributed by atoms with Crippen LogP contribution >= 0.6 is 0 Å². The number of carbonyl (C=O) groups excluding carboxylic acids is 1. The van der Waals surface area contributed by atoms with Crippen molar-refractivity contribution in [2.24, 2.45) is 0 Å². The van der Waals surface area contributed by atoms with Gasteiger partial charge in [-0.05, 0) is 36.4 Å². The van der Waals surface area contributed by atoms with Crippen LogP contribution in [-0.4, -0.2) is 41.1 Å². The normalized spacial score (nSPS) is 17.2. The number of ether oxygens (including phenoxy) is 2. The van der Waals surface area contributed by atoms with Crippen molar-refractivity contribution in [3.8, 4) is 5.75 Å². The van der Waals surface area contributed by atoms with E-state index in [1.54, 1.807) is 0 Å². The third-order valence-electron chi connectivity index (χ3n) is 4.16. The van der Waals surface area contributed by atoms with E-state index < -0.39 is 0 Å². The fraction of sp³-hybridized carbons (Fsp3) is 0.263. The van der Waals surface area contributed by atoms with Gasteiger partial charge < -0.3 is 24.5 Å². The van der Waals surface area contributed by atoms with Crippen molar-refractivity contribution in [2.75, 3.05) is 25.1 Å². The van der Waals surface area contributed by atoms with Crippen LogP contribution in [0.4, 0.5) is 5.69 Å². The predicted molar refractivity (Wildman–Crippen MR) is 97.2 cm³/mol. The molecule has 1 saturated heterocycles. The summed E-state index contributed by atoms with van der Waals surface area (Å²) in [6, 6.07) is 12.9. The predicted octanol–water partition coefficient (Wildman–Crippen LogP) is 1.84. The van der Waals surface area contributed by atoms with Gasteiger partial charge in [0.15, 0.2) is 0 Å². The summed E-state index contributed by atoms with van der Waals surface area (Å²) in [7, 11) is 0. The topological polar surface area (TPSA) is 76.9 Å².